The van der Waals surface area contributed by atoms with Gasteiger partial charge in [0.15, 0.2) is 0 Å². The summed E-state index contributed by atoms with van der Waals surface area (Å²) in [6.07, 6.45) is 7.26. The van der Waals surface area contributed by atoms with E-state index in [9.17, 15) is 4.79 Å². The first kappa shape index (κ1) is 16.9. The maximum atomic E-state index is 12.6. The molecule has 1 unspecified atom stereocenters. The van der Waals surface area contributed by atoms with Crippen LogP contribution < -0.4 is 0 Å². The summed E-state index contributed by atoms with van der Waals surface area (Å²) >= 11 is 0. The van der Waals surface area contributed by atoms with E-state index in [1.165, 1.54) is 0 Å². The van der Waals surface area contributed by atoms with Crippen molar-refractivity contribution in [1.82, 2.24) is 9.88 Å². The van der Waals surface area contributed by atoms with E-state index in [2.05, 4.69) is 4.98 Å². The van der Waals surface area contributed by atoms with E-state index in [0.717, 1.165) is 31.2 Å². The van der Waals surface area contributed by atoms with Gasteiger partial charge in [0.05, 0.1) is 25.8 Å². The second-order valence-corrected chi connectivity index (χ2v) is 7.39. The van der Waals surface area contributed by atoms with Crippen LogP contribution in [0.4, 0.5) is 0 Å². The third-order valence-electron chi connectivity index (χ3n) is 5.52. The largest absolute Gasteiger partial charge is 0.381 e. The van der Waals surface area contributed by atoms with Crippen LogP contribution in [0.3, 0.4) is 0 Å². The summed E-state index contributed by atoms with van der Waals surface area (Å²) in [4.78, 5) is 18.6. The molecular weight excluding hydrogens is 320 g/mol. The van der Waals surface area contributed by atoms with Crippen molar-refractivity contribution in [3.05, 3.63) is 30.1 Å². The number of amides is 1. The van der Waals surface area contributed by atoms with Gasteiger partial charge in [-0.15, -0.1) is 0 Å². The van der Waals surface area contributed by atoms with Crippen molar-refractivity contribution in [1.29, 1.82) is 0 Å². The molecule has 0 aromatic carbocycles. The number of nitrogens with zero attached hydrogens (tertiary/aromatic N) is 2. The number of carbonyl (C=O) groups is 1. The van der Waals surface area contributed by atoms with E-state index in [0.29, 0.717) is 39.5 Å². The molecule has 6 heteroatoms. The van der Waals surface area contributed by atoms with E-state index in [4.69, 9.17) is 14.2 Å². The van der Waals surface area contributed by atoms with Crippen molar-refractivity contribution in [2.45, 2.75) is 44.0 Å². The summed E-state index contributed by atoms with van der Waals surface area (Å²) in [5.74, 6) is 0.408. The molecule has 0 aliphatic carbocycles. The second kappa shape index (κ2) is 7.40. The number of pyridine rings is 1. The zero-order valence-corrected chi connectivity index (χ0v) is 14.6. The van der Waals surface area contributed by atoms with Gasteiger partial charge in [0.1, 0.15) is 5.60 Å². The van der Waals surface area contributed by atoms with E-state index in [1.54, 1.807) is 12.4 Å². The van der Waals surface area contributed by atoms with E-state index in [-0.39, 0.29) is 23.5 Å². The molecule has 1 spiro atoms. The van der Waals surface area contributed by atoms with Gasteiger partial charge in [-0.2, -0.15) is 0 Å². The summed E-state index contributed by atoms with van der Waals surface area (Å²) in [6, 6.07) is 3.96. The molecule has 3 saturated heterocycles. The van der Waals surface area contributed by atoms with Crippen molar-refractivity contribution >= 4 is 5.91 Å². The Kier molecular flexibility index (Phi) is 5.01. The van der Waals surface area contributed by atoms with E-state index < -0.39 is 0 Å². The molecule has 3 aliphatic rings. The maximum Gasteiger partial charge on any atom is 0.226 e. The fourth-order valence-corrected chi connectivity index (χ4v) is 4.05. The molecule has 0 N–H and O–H groups in total. The zero-order chi connectivity index (χ0) is 17.1. The van der Waals surface area contributed by atoms with Crippen LogP contribution in [-0.4, -0.2) is 60.4 Å². The first-order valence-corrected chi connectivity index (χ1v) is 9.25. The Balaban J connectivity index is 1.26. The summed E-state index contributed by atoms with van der Waals surface area (Å²) in [7, 11) is 0. The highest BCUT2D eigenvalue weighted by molar-refractivity contribution is 5.80. The number of ether oxygens (including phenoxy) is 3. The Morgan fingerprint density at radius 2 is 1.96 bits per heavy atom. The minimum Gasteiger partial charge on any atom is -0.381 e. The van der Waals surface area contributed by atoms with Crippen molar-refractivity contribution in [3.63, 3.8) is 0 Å². The molecule has 4 heterocycles. The molecular formula is C19H26N2O4. The van der Waals surface area contributed by atoms with Crippen molar-refractivity contribution in [2.75, 3.05) is 32.9 Å². The molecule has 0 saturated carbocycles. The van der Waals surface area contributed by atoms with Crippen LogP contribution in [0.25, 0.3) is 0 Å². The number of hydrogen-bond donors (Lipinski definition) is 0. The van der Waals surface area contributed by atoms with E-state index >= 15 is 0 Å². The lowest BCUT2D eigenvalue weighted by atomic mass is 9.83. The normalized spacial score (nSPS) is 26.4. The van der Waals surface area contributed by atoms with Crippen LogP contribution in [0.15, 0.2) is 24.5 Å². The minimum absolute atomic E-state index is 0.133. The number of hydrogen-bond acceptors (Lipinski definition) is 5. The number of likely N-dealkylation sites (tertiary alicyclic amines) is 1. The van der Waals surface area contributed by atoms with Gasteiger partial charge in [-0.3, -0.25) is 9.78 Å². The van der Waals surface area contributed by atoms with Gasteiger partial charge < -0.3 is 19.1 Å². The monoisotopic (exact) mass is 346 g/mol. The zero-order valence-electron chi connectivity index (χ0n) is 14.6. The van der Waals surface area contributed by atoms with Gasteiger partial charge >= 0.3 is 0 Å². The minimum atomic E-state index is -0.192. The number of rotatable bonds is 4. The molecule has 1 amide bonds. The predicted octanol–water partition coefficient (Wildman–Crippen LogP) is 1.78. The fraction of sp³-hybridized carbons (Fsp3) is 0.684. The van der Waals surface area contributed by atoms with Crippen LogP contribution in [0, 0.1) is 5.92 Å². The van der Waals surface area contributed by atoms with Gasteiger partial charge in [-0.25, -0.2) is 0 Å². The molecule has 1 atom stereocenters. The van der Waals surface area contributed by atoms with Crippen LogP contribution >= 0.6 is 0 Å². The number of aromatic nitrogens is 1. The smallest absolute Gasteiger partial charge is 0.226 e. The average Bonchev–Trinajstić information content (AvgIpc) is 2.65. The lowest BCUT2D eigenvalue weighted by molar-refractivity contribution is -0.205. The molecule has 6 nitrogen and oxygen atoms in total. The SMILES string of the molecule is O=C(C1CCOCC1)N1CC2(CC(OCc3ccncc3)CCO2)C1. The maximum absolute atomic E-state index is 12.6. The lowest BCUT2D eigenvalue weighted by Crippen LogP contribution is -2.68. The first-order chi connectivity index (χ1) is 12.2. The van der Waals surface area contributed by atoms with Gasteiger partial charge in [0.25, 0.3) is 0 Å². The Bertz CT molecular complexity index is 582. The summed E-state index contributed by atoms with van der Waals surface area (Å²) in [5.41, 5.74) is 0.947. The van der Waals surface area contributed by atoms with Crippen molar-refractivity contribution in [2.24, 2.45) is 5.92 Å². The van der Waals surface area contributed by atoms with Crippen molar-refractivity contribution < 1.29 is 19.0 Å². The molecule has 0 bridgehead atoms. The van der Waals surface area contributed by atoms with Gasteiger partial charge in [-0.05, 0) is 37.0 Å². The third kappa shape index (κ3) is 3.86. The topological polar surface area (TPSA) is 60.9 Å². The predicted molar refractivity (Wildman–Crippen MR) is 90.9 cm³/mol. The van der Waals surface area contributed by atoms with Crippen molar-refractivity contribution in [3.8, 4) is 0 Å². The summed E-state index contributed by atoms with van der Waals surface area (Å²) in [6.45, 7) is 4.14. The Morgan fingerprint density at radius 1 is 1.20 bits per heavy atom. The number of carbonyl (C=O) groups excluding carboxylic acids is 1. The molecule has 1 aromatic heterocycles. The summed E-state index contributed by atoms with van der Waals surface area (Å²) < 4.78 is 17.5. The van der Waals surface area contributed by atoms with Gasteiger partial charge in [-0.1, -0.05) is 0 Å². The Hall–Kier alpha value is -1.50. The quantitative estimate of drug-likeness (QED) is 0.832. The first-order valence-electron chi connectivity index (χ1n) is 9.25. The average molecular weight is 346 g/mol. The standard InChI is InChI=1S/C19H26N2O4/c22-18(16-3-8-23-9-4-16)21-13-19(14-21)11-17(5-10-25-19)24-12-15-1-6-20-7-2-15/h1-2,6-7,16-17H,3-5,8-14H2. The van der Waals surface area contributed by atoms with Crippen LogP contribution in [0.2, 0.25) is 0 Å². The van der Waals surface area contributed by atoms with E-state index in [1.807, 2.05) is 17.0 Å². The van der Waals surface area contributed by atoms with Gasteiger partial charge in [0, 0.05) is 44.6 Å². The lowest BCUT2D eigenvalue weighted by Gasteiger charge is -2.53. The molecule has 1 aromatic rings. The second-order valence-electron chi connectivity index (χ2n) is 7.39. The Labute approximate surface area is 148 Å². The third-order valence-corrected chi connectivity index (χ3v) is 5.52. The highest BCUT2D eigenvalue weighted by atomic mass is 16.5. The molecule has 0 radical (unpaired) electrons. The molecule has 3 aliphatic heterocycles. The van der Waals surface area contributed by atoms with Crippen LogP contribution in [0.5, 0.6) is 0 Å². The highest BCUT2D eigenvalue weighted by Gasteiger charge is 2.50. The van der Waals surface area contributed by atoms with Gasteiger partial charge in [0.2, 0.25) is 5.91 Å². The molecule has 25 heavy (non-hydrogen) atoms. The molecule has 4 rings (SSSR count). The summed E-state index contributed by atoms with van der Waals surface area (Å²) in [5, 5.41) is 0. The van der Waals surface area contributed by atoms with Crippen LogP contribution in [0.1, 0.15) is 31.2 Å². The highest BCUT2D eigenvalue weighted by Crippen LogP contribution is 2.37. The van der Waals surface area contributed by atoms with Crippen LogP contribution in [-0.2, 0) is 25.6 Å². The fourth-order valence-electron chi connectivity index (χ4n) is 4.05. The Morgan fingerprint density at radius 3 is 2.72 bits per heavy atom. The molecule has 136 valence electrons. The molecule has 3 fully saturated rings.